The molecule has 3 aromatic rings. The molecular weight excluding hydrogens is 388 g/mol. The number of ether oxygens (including phenoxy) is 1. The van der Waals surface area contributed by atoms with Crippen LogP contribution in [-0.2, 0) is 14.8 Å². The number of hydrogen-bond donors (Lipinski definition) is 1. The van der Waals surface area contributed by atoms with E-state index < -0.39 is 10.0 Å². The predicted octanol–water partition coefficient (Wildman–Crippen LogP) is 4.17. The van der Waals surface area contributed by atoms with E-state index in [1.807, 2.05) is 24.3 Å². The van der Waals surface area contributed by atoms with Crippen LogP contribution in [-0.4, -0.2) is 28.0 Å². The minimum atomic E-state index is -3.81. The van der Waals surface area contributed by atoms with Crippen LogP contribution < -0.4 is 14.4 Å². The van der Waals surface area contributed by atoms with Crippen molar-refractivity contribution in [2.24, 2.45) is 0 Å². The Morgan fingerprint density at radius 3 is 2.59 bits per heavy atom. The van der Waals surface area contributed by atoms with E-state index in [1.165, 1.54) is 7.11 Å². The van der Waals surface area contributed by atoms with Crippen molar-refractivity contribution >= 4 is 38.1 Å². The Balaban J connectivity index is 1.72. The summed E-state index contributed by atoms with van der Waals surface area (Å²) in [5.41, 5.74) is 0.961. The van der Waals surface area contributed by atoms with Crippen molar-refractivity contribution in [3.05, 3.63) is 60.7 Å². The summed E-state index contributed by atoms with van der Waals surface area (Å²) < 4.78 is 34.3. The number of sulfonamides is 1. The highest BCUT2D eigenvalue weighted by Crippen LogP contribution is 2.34. The van der Waals surface area contributed by atoms with Gasteiger partial charge in [0.25, 0.3) is 10.0 Å². The summed E-state index contributed by atoms with van der Waals surface area (Å²) in [5.74, 6) is 0.553. The second-order valence-corrected chi connectivity index (χ2v) is 8.62. The maximum Gasteiger partial charge on any atom is 0.262 e. The molecule has 3 aromatic carbocycles. The molecule has 0 unspecified atom stereocenters. The Morgan fingerprint density at radius 2 is 1.79 bits per heavy atom. The third-order valence-electron chi connectivity index (χ3n) is 5.08. The number of nitrogens with zero attached hydrogens (tertiary/aromatic N) is 1. The third-order valence-corrected chi connectivity index (χ3v) is 6.52. The van der Waals surface area contributed by atoms with Gasteiger partial charge in [0, 0.05) is 18.4 Å². The number of rotatable bonds is 5. The molecule has 29 heavy (non-hydrogen) atoms. The molecular formula is C22H22N2O4S. The van der Waals surface area contributed by atoms with Gasteiger partial charge in [-0.15, -0.1) is 0 Å². The summed E-state index contributed by atoms with van der Waals surface area (Å²) in [7, 11) is -2.28. The van der Waals surface area contributed by atoms with Crippen LogP contribution in [0.2, 0.25) is 0 Å². The minimum Gasteiger partial charge on any atom is -0.495 e. The first-order valence-corrected chi connectivity index (χ1v) is 11.0. The lowest BCUT2D eigenvalue weighted by Crippen LogP contribution is -2.35. The number of hydrogen-bond acceptors (Lipinski definition) is 4. The quantitative estimate of drug-likeness (QED) is 0.685. The topological polar surface area (TPSA) is 75.7 Å². The fourth-order valence-electron chi connectivity index (χ4n) is 3.67. The molecule has 6 nitrogen and oxygen atoms in total. The molecule has 1 fully saturated rings. The van der Waals surface area contributed by atoms with Crippen LogP contribution in [0.5, 0.6) is 5.75 Å². The lowest BCUT2D eigenvalue weighted by molar-refractivity contribution is -0.119. The van der Waals surface area contributed by atoms with E-state index in [0.717, 1.165) is 18.2 Å². The van der Waals surface area contributed by atoms with Crippen molar-refractivity contribution in [1.82, 2.24) is 0 Å². The summed E-state index contributed by atoms with van der Waals surface area (Å²) in [6, 6.07) is 17.5. The lowest BCUT2D eigenvalue weighted by Gasteiger charge is -2.28. The molecule has 1 aliphatic rings. The first-order chi connectivity index (χ1) is 14.0. The highest BCUT2D eigenvalue weighted by Gasteiger charge is 2.24. The van der Waals surface area contributed by atoms with E-state index in [-0.39, 0.29) is 10.8 Å². The summed E-state index contributed by atoms with van der Waals surface area (Å²) in [5, 5.41) is 1.51. The van der Waals surface area contributed by atoms with Gasteiger partial charge in [-0.1, -0.05) is 36.4 Å². The standard InChI is InChI=1S/C22H22N2O4S/c1-28-20-13-12-17(15-19(20)24-14-5-4-11-22(24)25)23-29(26,27)21-10-6-8-16-7-2-3-9-18(16)21/h2-3,6-10,12-13,15,23H,4-5,11,14H2,1H3. The number of fused-ring (bicyclic) bond motifs is 1. The Bertz CT molecular complexity index is 1170. The molecule has 1 aliphatic heterocycles. The van der Waals surface area contributed by atoms with E-state index in [4.69, 9.17) is 4.74 Å². The Kier molecular flexibility index (Phi) is 5.15. The molecule has 1 heterocycles. The summed E-state index contributed by atoms with van der Waals surface area (Å²) >= 11 is 0. The van der Waals surface area contributed by atoms with Crippen LogP contribution >= 0.6 is 0 Å². The van der Waals surface area contributed by atoms with Crippen LogP contribution in [0.25, 0.3) is 10.8 Å². The SMILES string of the molecule is COc1ccc(NS(=O)(=O)c2cccc3ccccc23)cc1N1CCCCC1=O. The molecule has 4 rings (SSSR count). The van der Waals surface area contributed by atoms with Crippen molar-refractivity contribution < 1.29 is 17.9 Å². The molecule has 0 bridgehead atoms. The van der Waals surface area contributed by atoms with Crippen LogP contribution in [0, 0.1) is 0 Å². The third kappa shape index (κ3) is 3.78. The van der Waals surface area contributed by atoms with Crippen molar-refractivity contribution in [2.45, 2.75) is 24.2 Å². The van der Waals surface area contributed by atoms with Gasteiger partial charge in [0.2, 0.25) is 5.91 Å². The molecule has 1 saturated heterocycles. The van der Waals surface area contributed by atoms with E-state index >= 15 is 0 Å². The number of nitrogens with one attached hydrogen (secondary N) is 1. The molecule has 0 atom stereocenters. The number of benzene rings is 3. The van der Waals surface area contributed by atoms with Gasteiger partial charge >= 0.3 is 0 Å². The number of methoxy groups -OCH3 is 1. The smallest absolute Gasteiger partial charge is 0.262 e. The Morgan fingerprint density at radius 1 is 1.00 bits per heavy atom. The summed E-state index contributed by atoms with van der Waals surface area (Å²) in [6.07, 6.45) is 2.25. The predicted molar refractivity (Wildman–Crippen MR) is 114 cm³/mol. The largest absolute Gasteiger partial charge is 0.495 e. The van der Waals surface area contributed by atoms with Crippen LogP contribution in [0.1, 0.15) is 19.3 Å². The van der Waals surface area contributed by atoms with Crippen molar-refractivity contribution in [3.63, 3.8) is 0 Å². The van der Waals surface area contributed by atoms with Gasteiger partial charge in [-0.05, 0) is 42.5 Å². The average Bonchev–Trinajstić information content (AvgIpc) is 2.73. The molecule has 1 N–H and O–H groups in total. The van der Waals surface area contributed by atoms with E-state index in [2.05, 4.69) is 4.72 Å². The maximum absolute atomic E-state index is 13.1. The van der Waals surface area contributed by atoms with E-state index in [1.54, 1.807) is 41.3 Å². The van der Waals surface area contributed by atoms with Crippen LogP contribution in [0.4, 0.5) is 11.4 Å². The monoisotopic (exact) mass is 410 g/mol. The van der Waals surface area contributed by atoms with Gasteiger partial charge in [0.15, 0.2) is 0 Å². The van der Waals surface area contributed by atoms with E-state index in [0.29, 0.717) is 35.5 Å². The molecule has 0 aliphatic carbocycles. The van der Waals surface area contributed by atoms with Gasteiger partial charge in [0.1, 0.15) is 5.75 Å². The Labute approximate surface area is 170 Å². The fourth-order valence-corrected chi connectivity index (χ4v) is 4.95. The number of amides is 1. The van der Waals surface area contributed by atoms with Gasteiger partial charge in [-0.3, -0.25) is 9.52 Å². The lowest BCUT2D eigenvalue weighted by atomic mass is 10.1. The molecule has 7 heteroatoms. The average molecular weight is 410 g/mol. The number of piperidine rings is 1. The molecule has 1 amide bonds. The second-order valence-electron chi connectivity index (χ2n) is 6.97. The first kappa shape index (κ1) is 19.3. The van der Waals surface area contributed by atoms with Crippen LogP contribution in [0.15, 0.2) is 65.6 Å². The molecule has 0 saturated carbocycles. The Hall–Kier alpha value is -3.06. The highest BCUT2D eigenvalue weighted by atomic mass is 32.2. The molecule has 0 spiro atoms. The maximum atomic E-state index is 13.1. The molecule has 0 radical (unpaired) electrons. The zero-order valence-electron chi connectivity index (χ0n) is 16.1. The van der Waals surface area contributed by atoms with Gasteiger partial charge in [-0.2, -0.15) is 0 Å². The number of carbonyl (C=O) groups is 1. The van der Waals surface area contributed by atoms with Gasteiger partial charge in [-0.25, -0.2) is 8.42 Å². The van der Waals surface area contributed by atoms with Gasteiger partial charge < -0.3 is 9.64 Å². The summed E-state index contributed by atoms with van der Waals surface area (Å²) in [6.45, 7) is 0.592. The number of carbonyl (C=O) groups excluding carboxylic acids is 1. The second kappa shape index (κ2) is 7.75. The van der Waals surface area contributed by atoms with Gasteiger partial charge in [0.05, 0.1) is 23.4 Å². The molecule has 150 valence electrons. The summed E-state index contributed by atoms with van der Waals surface area (Å²) in [4.78, 5) is 14.2. The fraction of sp³-hybridized carbons (Fsp3) is 0.227. The normalized spacial score (nSPS) is 14.8. The zero-order chi connectivity index (χ0) is 20.4. The van der Waals surface area contributed by atoms with E-state index in [9.17, 15) is 13.2 Å². The zero-order valence-corrected chi connectivity index (χ0v) is 16.9. The minimum absolute atomic E-state index is 0.0172. The highest BCUT2D eigenvalue weighted by molar-refractivity contribution is 7.93. The van der Waals surface area contributed by atoms with Crippen LogP contribution in [0.3, 0.4) is 0 Å². The first-order valence-electron chi connectivity index (χ1n) is 9.48. The number of anilines is 2. The molecule has 0 aromatic heterocycles. The van der Waals surface area contributed by atoms with Crippen molar-refractivity contribution in [1.29, 1.82) is 0 Å². The van der Waals surface area contributed by atoms with Crippen molar-refractivity contribution in [3.8, 4) is 5.75 Å². The van der Waals surface area contributed by atoms with Crippen molar-refractivity contribution in [2.75, 3.05) is 23.3 Å².